The maximum Gasteiger partial charge on any atom is 0.336 e. The minimum Gasteiger partial charge on any atom is -0.486 e. The monoisotopic (exact) mass is 399 g/mol. The third-order valence-electron chi connectivity index (χ3n) is 5.25. The van der Waals surface area contributed by atoms with Gasteiger partial charge in [0.15, 0.2) is 5.76 Å². The highest BCUT2D eigenvalue weighted by Gasteiger charge is 2.37. The molecule has 4 rings (SSSR count). The summed E-state index contributed by atoms with van der Waals surface area (Å²) in [6.45, 7) is 1.49. The van der Waals surface area contributed by atoms with Crippen LogP contribution >= 0.6 is 0 Å². The van der Waals surface area contributed by atoms with Crippen LogP contribution in [-0.2, 0) is 11.3 Å². The van der Waals surface area contributed by atoms with Gasteiger partial charge >= 0.3 is 11.9 Å². The molecule has 29 heavy (non-hydrogen) atoms. The summed E-state index contributed by atoms with van der Waals surface area (Å²) in [5, 5.41) is 0. The molecule has 2 fully saturated rings. The lowest BCUT2D eigenvalue weighted by molar-refractivity contribution is 0.0397. The van der Waals surface area contributed by atoms with E-state index >= 15 is 0 Å². The van der Waals surface area contributed by atoms with E-state index < -0.39 is 5.91 Å². The highest BCUT2D eigenvalue weighted by atomic mass is 16.5. The Morgan fingerprint density at radius 2 is 1.93 bits per heavy atom. The minimum absolute atomic E-state index is 0.0692. The van der Waals surface area contributed by atoms with Crippen molar-refractivity contribution < 1.29 is 23.5 Å². The highest BCUT2D eigenvalue weighted by Crippen LogP contribution is 2.29. The molecule has 154 valence electrons. The van der Waals surface area contributed by atoms with E-state index in [0.717, 1.165) is 25.7 Å². The predicted octanol–water partition coefficient (Wildman–Crippen LogP) is 2.86. The molecule has 1 saturated carbocycles. The predicted molar refractivity (Wildman–Crippen MR) is 104 cm³/mol. The lowest BCUT2D eigenvalue weighted by Gasteiger charge is -2.29. The number of amides is 3. The van der Waals surface area contributed by atoms with Crippen LogP contribution in [0.3, 0.4) is 0 Å². The summed E-state index contributed by atoms with van der Waals surface area (Å²) in [4.78, 5) is 26.7. The van der Waals surface area contributed by atoms with Crippen molar-refractivity contribution in [3.63, 3.8) is 0 Å². The average molecular weight is 399 g/mol. The summed E-state index contributed by atoms with van der Waals surface area (Å²) >= 11 is 0. The number of fused-ring (bicyclic) bond motifs is 1. The first kappa shape index (κ1) is 19.3. The molecule has 2 aliphatic rings. The van der Waals surface area contributed by atoms with Gasteiger partial charge in [-0.2, -0.15) is 0 Å². The van der Waals surface area contributed by atoms with Gasteiger partial charge in [-0.25, -0.2) is 10.2 Å². The molecular weight excluding hydrogens is 374 g/mol. The maximum absolute atomic E-state index is 12.6. The van der Waals surface area contributed by atoms with E-state index in [1.807, 2.05) is 30.3 Å². The molecule has 0 spiro atoms. The topological polar surface area (TPSA) is 93.0 Å². The Labute approximate surface area is 169 Å². The van der Waals surface area contributed by atoms with E-state index in [2.05, 4.69) is 10.9 Å². The van der Waals surface area contributed by atoms with Crippen LogP contribution in [0.15, 0.2) is 46.9 Å². The van der Waals surface area contributed by atoms with Crippen molar-refractivity contribution in [3.8, 4) is 5.75 Å². The van der Waals surface area contributed by atoms with Crippen LogP contribution in [0.1, 0.15) is 42.0 Å². The molecule has 1 aromatic carbocycles. The zero-order valence-corrected chi connectivity index (χ0v) is 16.1. The lowest BCUT2D eigenvalue weighted by atomic mass is 10.2. The van der Waals surface area contributed by atoms with Gasteiger partial charge < -0.3 is 18.8 Å². The third kappa shape index (κ3) is 4.71. The van der Waals surface area contributed by atoms with Crippen molar-refractivity contribution >= 4 is 11.9 Å². The fourth-order valence-corrected chi connectivity index (χ4v) is 3.84. The number of furan rings is 1. The molecule has 0 radical (unpaired) electrons. The molecule has 8 nitrogen and oxygen atoms in total. The van der Waals surface area contributed by atoms with Crippen LogP contribution in [-0.4, -0.2) is 42.1 Å². The van der Waals surface area contributed by atoms with Crippen molar-refractivity contribution in [1.29, 1.82) is 0 Å². The summed E-state index contributed by atoms with van der Waals surface area (Å²) in [5.74, 6) is 0.825. The molecule has 1 aliphatic heterocycles. The smallest absolute Gasteiger partial charge is 0.336 e. The summed E-state index contributed by atoms with van der Waals surface area (Å²) in [6, 6.07) is 12.3. The Morgan fingerprint density at radius 3 is 2.79 bits per heavy atom. The SMILES string of the molecule is O=C(NNC(=O)N1CCCOC2CCCC21)c1ccc(COc2ccccc2)o1. The van der Waals surface area contributed by atoms with Crippen LogP contribution in [0, 0.1) is 0 Å². The maximum atomic E-state index is 12.6. The number of nitrogens with zero attached hydrogens (tertiary/aromatic N) is 1. The van der Waals surface area contributed by atoms with Crippen LogP contribution in [0.4, 0.5) is 4.79 Å². The number of hydrogen-bond acceptors (Lipinski definition) is 5. The van der Waals surface area contributed by atoms with Gasteiger partial charge in [-0.05, 0) is 49.9 Å². The first-order valence-corrected chi connectivity index (χ1v) is 9.96. The summed E-state index contributed by atoms with van der Waals surface area (Å²) < 4.78 is 16.9. The molecule has 2 aromatic rings. The van der Waals surface area contributed by atoms with Gasteiger partial charge in [-0.15, -0.1) is 0 Å². The number of ether oxygens (including phenoxy) is 2. The van der Waals surface area contributed by atoms with E-state index in [1.165, 1.54) is 0 Å². The molecule has 2 unspecified atom stereocenters. The van der Waals surface area contributed by atoms with Gasteiger partial charge in [0.05, 0.1) is 12.1 Å². The van der Waals surface area contributed by atoms with Crippen molar-refractivity contribution in [2.75, 3.05) is 13.2 Å². The Kier molecular flexibility index (Phi) is 6.00. The van der Waals surface area contributed by atoms with Crippen molar-refractivity contribution in [3.05, 3.63) is 54.0 Å². The van der Waals surface area contributed by atoms with Gasteiger partial charge in [0, 0.05) is 13.2 Å². The van der Waals surface area contributed by atoms with Crippen LogP contribution in [0.25, 0.3) is 0 Å². The molecule has 1 aliphatic carbocycles. The Morgan fingerprint density at radius 1 is 1.07 bits per heavy atom. The fraction of sp³-hybridized carbons (Fsp3) is 0.429. The number of hydrazine groups is 1. The summed E-state index contributed by atoms with van der Waals surface area (Å²) in [6.07, 6.45) is 3.83. The molecule has 2 N–H and O–H groups in total. The number of rotatable bonds is 4. The van der Waals surface area contributed by atoms with Crippen LogP contribution in [0.2, 0.25) is 0 Å². The average Bonchev–Trinajstić information content (AvgIpc) is 3.37. The van der Waals surface area contributed by atoms with Gasteiger partial charge in [0.25, 0.3) is 0 Å². The molecule has 0 bridgehead atoms. The number of hydrogen-bond donors (Lipinski definition) is 2. The molecule has 3 amide bonds. The van der Waals surface area contributed by atoms with E-state index in [-0.39, 0.29) is 30.5 Å². The number of para-hydroxylation sites is 1. The summed E-state index contributed by atoms with van der Waals surface area (Å²) in [7, 11) is 0. The number of urea groups is 1. The normalized spacial score (nSPS) is 21.2. The van der Waals surface area contributed by atoms with Crippen molar-refractivity contribution in [2.24, 2.45) is 0 Å². The van der Waals surface area contributed by atoms with Crippen molar-refractivity contribution in [2.45, 2.75) is 44.4 Å². The first-order chi connectivity index (χ1) is 14.2. The zero-order valence-electron chi connectivity index (χ0n) is 16.1. The largest absolute Gasteiger partial charge is 0.486 e. The number of carbonyl (C=O) groups excluding carboxylic acids is 2. The van der Waals surface area contributed by atoms with Crippen LogP contribution < -0.4 is 15.6 Å². The standard InChI is InChI=1S/C21H25N3O5/c25-20(19-11-10-16(29-19)14-28-15-6-2-1-3-7-15)22-23-21(26)24-12-5-13-27-18-9-4-8-17(18)24/h1-3,6-7,10-11,17-18H,4-5,8-9,12-14H2,(H,22,25)(H,23,26). The second-order valence-electron chi connectivity index (χ2n) is 7.21. The molecule has 1 saturated heterocycles. The molecule has 2 atom stereocenters. The second kappa shape index (κ2) is 9.00. The Balaban J connectivity index is 1.28. The Bertz CT molecular complexity index is 838. The lowest BCUT2D eigenvalue weighted by Crippen LogP contribution is -2.53. The van der Waals surface area contributed by atoms with Gasteiger partial charge in [0.2, 0.25) is 0 Å². The quantitative estimate of drug-likeness (QED) is 0.771. The third-order valence-corrected chi connectivity index (χ3v) is 5.25. The number of benzene rings is 1. The van der Waals surface area contributed by atoms with E-state index in [4.69, 9.17) is 13.9 Å². The molecule has 2 heterocycles. The van der Waals surface area contributed by atoms with Gasteiger partial charge in [0.1, 0.15) is 18.1 Å². The zero-order chi connectivity index (χ0) is 20.1. The number of carbonyl (C=O) groups is 2. The minimum atomic E-state index is -0.515. The van der Waals surface area contributed by atoms with E-state index in [9.17, 15) is 9.59 Å². The van der Waals surface area contributed by atoms with Gasteiger partial charge in [-0.1, -0.05) is 18.2 Å². The fourth-order valence-electron chi connectivity index (χ4n) is 3.84. The molecular formula is C21H25N3O5. The molecule has 1 aromatic heterocycles. The van der Waals surface area contributed by atoms with Gasteiger partial charge in [-0.3, -0.25) is 10.2 Å². The molecule has 8 heteroatoms. The highest BCUT2D eigenvalue weighted by molar-refractivity contribution is 5.92. The van der Waals surface area contributed by atoms with E-state index in [1.54, 1.807) is 17.0 Å². The van der Waals surface area contributed by atoms with E-state index in [0.29, 0.717) is 24.7 Å². The number of nitrogens with one attached hydrogen (secondary N) is 2. The van der Waals surface area contributed by atoms with Crippen molar-refractivity contribution in [1.82, 2.24) is 15.8 Å². The second-order valence-corrected chi connectivity index (χ2v) is 7.21. The first-order valence-electron chi connectivity index (χ1n) is 9.96. The summed E-state index contributed by atoms with van der Waals surface area (Å²) in [5.41, 5.74) is 4.93. The Hall–Kier alpha value is -3.00. The van der Waals surface area contributed by atoms with Crippen LogP contribution in [0.5, 0.6) is 5.75 Å².